The van der Waals surface area contributed by atoms with Crippen LogP contribution in [0.1, 0.15) is 15.2 Å². The van der Waals surface area contributed by atoms with Gasteiger partial charge >= 0.3 is 5.97 Å². The number of hydrogen-bond acceptors (Lipinski definition) is 9. The van der Waals surface area contributed by atoms with Crippen LogP contribution in [0.25, 0.3) is 0 Å². The molecule has 0 spiro atoms. The van der Waals surface area contributed by atoms with E-state index in [4.69, 9.17) is 15.2 Å². The number of methoxy groups -OCH3 is 1. The van der Waals surface area contributed by atoms with Crippen molar-refractivity contribution < 1.29 is 14.3 Å². The molecule has 25 heavy (non-hydrogen) atoms. The van der Waals surface area contributed by atoms with E-state index in [-0.39, 0.29) is 0 Å². The molecule has 0 fully saturated rings. The maximum Gasteiger partial charge on any atom is 0.353 e. The number of ether oxygens (including phenoxy) is 2. The van der Waals surface area contributed by atoms with E-state index in [1.54, 1.807) is 41.9 Å². The number of nitrogen functional groups attached to an aromatic ring is 1. The minimum atomic E-state index is -0.419. The topological polar surface area (TPSA) is 98.8 Å². The molecule has 0 atom stereocenters. The van der Waals surface area contributed by atoms with Crippen LogP contribution in [0.5, 0.6) is 11.5 Å². The Hall–Kier alpha value is -2.91. The summed E-state index contributed by atoms with van der Waals surface area (Å²) in [5, 5.41) is 8.22. The quantitative estimate of drug-likeness (QED) is 0.297. The number of nitrogens with zero attached hydrogens (tertiary/aromatic N) is 2. The second-order valence-electron chi connectivity index (χ2n) is 4.72. The van der Waals surface area contributed by atoms with Crippen LogP contribution in [0.2, 0.25) is 0 Å². The van der Waals surface area contributed by atoms with Gasteiger partial charge in [-0.05, 0) is 35.2 Å². The maximum atomic E-state index is 12.0. The van der Waals surface area contributed by atoms with Crippen LogP contribution >= 0.6 is 22.7 Å². The molecule has 0 aliphatic carbocycles. The third-order valence-electron chi connectivity index (χ3n) is 3.01. The zero-order chi connectivity index (χ0) is 17.6. The van der Waals surface area contributed by atoms with Gasteiger partial charge in [-0.3, -0.25) is 5.43 Å². The van der Waals surface area contributed by atoms with Crippen LogP contribution in [0.3, 0.4) is 0 Å². The molecule has 3 rings (SSSR count). The number of rotatable bonds is 6. The first kappa shape index (κ1) is 16.9. The molecule has 2 aromatic heterocycles. The van der Waals surface area contributed by atoms with E-state index in [2.05, 4.69) is 15.5 Å². The van der Waals surface area contributed by atoms with E-state index >= 15 is 0 Å². The van der Waals surface area contributed by atoms with Gasteiger partial charge in [0.1, 0.15) is 10.7 Å². The highest BCUT2D eigenvalue weighted by atomic mass is 32.1. The Morgan fingerprint density at radius 3 is 2.88 bits per heavy atom. The number of aromatic nitrogens is 1. The molecule has 7 nitrogen and oxygen atoms in total. The minimum Gasteiger partial charge on any atom is -0.493 e. The van der Waals surface area contributed by atoms with Gasteiger partial charge in [-0.1, -0.05) is 6.07 Å². The molecule has 2 heterocycles. The number of anilines is 2. The van der Waals surface area contributed by atoms with Gasteiger partial charge in [0, 0.05) is 5.38 Å². The number of hydrazone groups is 1. The average Bonchev–Trinajstić information content (AvgIpc) is 3.28. The highest BCUT2D eigenvalue weighted by molar-refractivity contribution is 7.14. The van der Waals surface area contributed by atoms with Crippen LogP contribution in [0, 0.1) is 0 Å². The molecule has 0 radical (unpaired) electrons. The van der Waals surface area contributed by atoms with Crippen LogP contribution in [0.15, 0.2) is 46.2 Å². The normalized spacial score (nSPS) is 10.8. The molecule has 128 valence electrons. The summed E-state index contributed by atoms with van der Waals surface area (Å²) in [7, 11) is 1.51. The van der Waals surface area contributed by atoms with E-state index in [1.165, 1.54) is 29.8 Å². The molecule has 1 aromatic carbocycles. The lowest BCUT2D eigenvalue weighted by atomic mass is 10.2. The smallest absolute Gasteiger partial charge is 0.353 e. The molecule has 9 heteroatoms. The molecule has 0 amide bonds. The van der Waals surface area contributed by atoms with E-state index < -0.39 is 5.97 Å². The highest BCUT2D eigenvalue weighted by Gasteiger charge is 2.13. The fraction of sp³-hybridized carbons (Fsp3) is 0.0625. The van der Waals surface area contributed by atoms with Gasteiger partial charge < -0.3 is 15.2 Å². The van der Waals surface area contributed by atoms with Crippen molar-refractivity contribution in [2.45, 2.75) is 0 Å². The van der Waals surface area contributed by atoms with Crippen molar-refractivity contribution in [3.05, 3.63) is 51.5 Å². The van der Waals surface area contributed by atoms with E-state index in [0.717, 1.165) is 5.56 Å². The van der Waals surface area contributed by atoms with Gasteiger partial charge in [-0.2, -0.15) is 5.10 Å². The van der Waals surface area contributed by atoms with Crippen LogP contribution < -0.4 is 20.6 Å². The Morgan fingerprint density at radius 1 is 1.32 bits per heavy atom. The molecule has 0 saturated carbocycles. The van der Waals surface area contributed by atoms with Crippen molar-refractivity contribution in [1.82, 2.24) is 4.98 Å². The summed E-state index contributed by atoms with van der Waals surface area (Å²) in [6.07, 6.45) is 1.60. The lowest BCUT2D eigenvalue weighted by Gasteiger charge is -2.09. The first-order valence-corrected chi connectivity index (χ1v) is 8.85. The van der Waals surface area contributed by atoms with E-state index in [0.29, 0.717) is 27.3 Å². The minimum absolute atomic E-state index is 0.346. The van der Waals surface area contributed by atoms with Crippen LogP contribution in [-0.2, 0) is 0 Å². The van der Waals surface area contributed by atoms with Crippen molar-refractivity contribution in [1.29, 1.82) is 0 Å². The Bertz CT molecular complexity index is 891. The van der Waals surface area contributed by atoms with Crippen molar-refractivity contribution in [3.8, 4) is 11.5 Å². The first-order chi connectivity index (χ1) is 12.2. The molecule has 0 saturated heterocycles. The SMILES string of the molecule is COc1cc(C=NNc2nc(N)cs2)ccc1OC(=O)c1cccs1. The molecule has 3 aromatic rings. The van der Waals surface area contributed by atoms with Gasteiger partial charge in [0.15, 0.2) is 11.5 Å². The highest BCUT2D eigenvalue weighted by Crippen LogP contribution is 2.29. The first-order valence-electron chi connectivity index (χ1n) is 7.09. The van der Waals surface area contributed by atoms with Crippen molar-refractivity contribution in [2.24, 2.45) is 5.10 Å². The van der Waals surface area contributed by atoms with Gasteiger partial charge in [-0.15, -0.1) is 22.7 Å². The van der Waals surface area contributed by atoms with Crippen LogP contribution in [0.4, 0.5) is 10.9 Å². The second-order valence-corrected chi connectivity index (χ2v) is 6.53. The lowest BCUT2D eigenvalue weighted by Crippen LogP contribution is -2.07. The molecule has 0 bridgehead atoms. The van der Waals surface area contributed by atoms with Gasteiger partial charge in [0.25, 0.3) is 0 Å². The zero-order valence-electron chi connectivity index (χ0n) is 13.1. The van der Waals surface area contributed by atoms with Crippen molar-refractivity contribution in [2.75, 3.05) is 18.3 Å². The number of carbonyl (C=O) groups is 1. The van der Waals surface area contributed by atoms with Gasteiger partial charge in [0.2, 0.25) is 5.13 Å². The standard InChI is InChI=1S/C16H14N4O3S2/c1-22-12-7-10(8-18-20-16-19-14(17)9-25-16)4-5-11(12)23-15(21)13-3-2-6-24-13/h2-9H,17H2,1H3,(H,19,20). The Balaban J connectivity index is 1.69. The fourth-order valence-corrected chi connectivity index (χ4v) is 3.04. The Labute approximate surface area is 151 Å². The number of nitrogens with one attached hydrogen (secondary N) is 1. The monoisotopic (exact) mass is 374 g/mol. The van der Waals surface area contributed by atoms with Gasteiger partial charge in [-0.25, -0.2) is 9.78 Å². The van der Waals surface area contributed by atoms with E-state index in [9.17, 15) is 4.79 Å². The molecular weight excluding hydrogens is 360 g/mol. The predicted octanol–water partition coefficient (Wildman–Crippen LogP) is 3.46. The summed E-state index contributed by atoms with van der Waals surface area (Å²) < 4.78 is 10.7. The summed E-state index contributed by atoms with van der Waals surface area (Å²) in [4.78, 5) is 16.6. The summed E-state index contributed by atoms with van der Waals surface area (Å²) in [6, 6.07) is 8.64. The number of carbonyl (C=O) groups excluding carboxylic acids is 1. The molecule has 0 aliphatic rings. The number of esters is 1. The largest absolute Gasteiger partial charge is 0.493 e. The number of hydrogen-bond donors (Lipinski definition) is 2. The molecular formula is C16H14N4O3S2. The fourth-order valence-electron chi connectivity index (χ4n) is 1.89. The maximum absolute atomic E-state index is 12.0. The molecule has 3 N–H and O–H groups in total. The summed E-state index contributed by atoms with van der Waals surface area (Å²) in [5.74, 6) is 0.810. The Morgan fingerprint density at radius 2 is 2.20 bits per heavy atom. The summed E-state index contributed by atoms with van der Waals surface area (Å²) in [5.41, 5.74) is 9.10. The number of thiazole rings is 1. The zero-order valence-corrected chi connectivity index (χ0v) is 14.8. The number of thiophene rings is 1. The van der Waals surface area contributed by atoms with E-state index in [1.807, 2.05) is 5.38 Å². The summed E-state index contributed by atoms with van der Waals surface area (Å²) >= 11 is 2.68. The third-order valence-corrected chi connectivity index (χ3v) is 4.62. The molecule has 0 unspecified atom stereocenters. The predicted molar refractivity (Wildman–Crippen MR) is 100 cm³/mol. The van der Waals surface area contributed by atoms with Gasteiger partial charge in [0.05, 0.1) is 13.3 Å². The third kappa shape index (κ3) is 4.34. The molecule has 0 aliphatic heterocycles. The second kappa shape index (κ2) is 7.77. The average molecular weight is 374 g/mol. The lowest BCUT2D eigenvalue weighted by molar-refractivity contribution is 0.0735. The van der Waals surface area contributed by atoms with Crippen LogP contribution in [-0.4, -0.2) is 24.3 Å². The van der Waals surface area contributed by atoms with Crippen molar-refractivity contribution >= 4 is 45.8 Å². The number of nitrogens with two attached hydrogens (primary N) is 1. The number of benzene rings is 1. The summed E-state index contributed by atoms with van der Waals surface area (Å²) in [6.45, 7) is 0. The van der Waals surface area contributed by atoms with Crippen molar-refractivity contribution in [3.63, 3.8) is 0 Å². The Kier molecular flexibility index (Phi) is 5.26.